The smallest absolute Gasteiger partial charge is 0.238 e. The molecule has 43 heavy (non-hydrogen) atoms. The third kappa shape index (κ3) is 4.02. The van der Waals surface area contributed by atoms with Gasteiger partial charge in [0.25, 0.3) is 0 Å². The predicted molar refractivity (Wildman–Crippen MR) is 166 cm³/mol. The van der Waals surface area contributed by atoms with Gasteiger partial charge in [0.05, 0.1) is 11.0 Å². The molecule has 0 N–H and O–H groups in total. The number of fused-ring (bicyclic) bond motifs is 7. The fraction of sp³-hybridized carbons (Fsp3) is 0.703. The Morgan fingerprint density at radius 1 is 1.07 bits per heavy atom. The molecule has 0 spiro atoms. The highest BCUT2D eigenvalue weighted by Crippen LogP contribution is 2.74. The molecule has 5 aliphatic carbocycles. The van der Waals surface area contributed by atoms with Gasteiger partial charge in [-0.25, -0.2) is 4.98 Å². The number of nitrogens with zero attached hydrogens (tertiary/aromatic N) is 3. The highest BCUT2D eigenvalue weighted by atomic mass is 16.2. The molecule has 1 aromatic heterocycles. The van der Waals surface area contributed by atoms with Gasteiger partial charge < -0.3 is 0 Å². The van der Waals surface area contributed by atoms with Crippen LogP contribution in [0.5, 0.6) is 0 Å². The van der Waals surface area contributed by atoms with Crippen molar-refractivity contribution in [2.45, 2.75) is 113 Å². The van der Waals surface area contributed by atoms with E-state index < -0.39 is 5.41 Å². The average Bonchev–Trinajstić information content (AvgIpc) is 3.38. The van der Waals surface area contributed by atoms with E-state index >= 15 is 0 Å². The molecular formula is C37H49N3O3. The SMILES string of the molecule is CCCc1nccn1C(=O)[C@]12CCC(C)(C)CC1C1C(=O)C=C3[C@@]4(C)CC=C(C#N)C(=O)[C@H](C)C4CC[C@@]3(C)C1(C)CC2. The first-order chi connectivity index (χ1) is 20.2. The van der Waals surface area contributed by atoms with Crippen molar-refractivity contribution >= 4 is 17.5 Å². The van der Waals surface area contributed by atoms with Gasteiger partial charge in [-0.3, -0.25) is 19.0 Å². The minimum atomic E-state index is -0.574. The van der Waals surface area contributed by atoms with Gasteiger partial charge in [0, 0.05) is 30.7 Å². The van der Waals surface area contributed by atoms with E-state index in [-0.39, 0.29) is 68.4 Å². The third-order valence-corrected chi connectivity index (χ3v) is 13.7. The van der Waals surface area contributed by atoms with Crippen molar-refractivity contribution in [1.82, 2.24) is 9.55 Å². The lowest BCUT2D eigenvalue weighted by Gasteiger charge is -2.68. The minimum Gasteiger partial charge on any atom is -0.295 e. The lowest BCUT2D eigenvalue weighted by atomic mass is 9.35. The van der Waals surface area contributed by atoms with E-state index in [2.05, 4.69) is 52.6 Å². The first kappa shape index (κ1) is 30.2. The lowest BCUT2D eigenvalue weighted by molar-refractivity contribution is -0.163. The van der Waals surface area contributed by atoms with Crippen molar-refractivity contribution in [3.63, 3.8) is 0 Å². The number of aromatic nitrogens is 2. The highest BCUT2D eigenvalue weighted by Gasteiger charge is 2.70. The van der Waals surface area contributed by atoms with Crippen molar-refractivity contribution in [1.29, 1.82) is 5.26 Å². The van der Waals surface area contributed by atoms with E-state index in [1.54, 1.807) is 6.20 Å². The van der Waals surface area contributed by atoms with Crippen molar-refractivity contribution in [2.24, 2.45) is 50.7 Å². The van der Waals surface area contributed by atoms with Gasteiger partial charge in [-0.1, -0.05) is 60.1 Å². The van der Waals surface area contributed by atoms with Crippen LogP contribution in [0.2, 0.25) is 0 Å². The Labute approximate surface area is 257 Å². The molecule has 1 aromatic rings. The van der Waals surface area contributed by atoms with Crippen LogP contribution in [-0.2, 0) is 16.0 Å². The van der Waals surface area contributed by atoms with Crippen LogP contribution in [0, 0.1) is 62.1 Å². The number of allylic oxidation sites excluding steroid dienone is 4. The van der Waals surface area contributed by atoms with Crippen LogP contribution in [-0.4, -0.2) is 27.0 Å². The number of nitriles is 1. The quantitative estimate of drug-likeness (QED) is 0.364. The van der Waals surface area contributed by atoms with Crippen LogP contribution < -0.4 is 0 Å². The predicted octanol–water partition coefficient (Wildman–Crippen LogP) is 7.70. The molecule has 230 valence electrons. The Hall–Kier alpha value is -2.81. The second kappa shape index (κ2) is 9.85. The van der Waals surface area contributed by atoms with Gasteiger partial charge in [0.15, 0.2) is 11.6 Å². The van der Waals surface area contributed by atoms with Gasteiger partial charge in [-0.15, -0.1) is 0 Å². The second-order valence-corrected chi connectivity index (χ2v) is 16.2. The van der Waals surface area contributed by atoms with Crippen molar-refractivity contribution < 1.29 is 14.4 Å². The van der Waals surface area contributed by atoms with Crippen molar-refractivity contribution in [3.05, 3.63) is 41.5 Å². The van der Waals surface area contributed by atoms with Crippen LogP contribution >= 0.6 is 0 Å². The van der Waals surface area contributed by atoms with Gasteiger partial charge >= 0.3 is 0 Å². The summed E-state index contributed by atoms with van der Waals surface area (Å²) in [5.41, 5.74) is 0.0310. The molecule has 3 fully saturated rings. The maximum absolute atomic E-state index is 14.7. The molecule has 0 radical (unpaired) electrons. The average molecular weight is 584 g/mol. The summed E-state index contributed by atoms with van der Waals surface area (Å²) in [5.74, 6) is 0.653. The maximum Gasteiger partial charge on any atom is 0.238 e. The van der Waals surface area contributed by atoms with Gasteiger partial charge in [0.1, 0.15) is 11.9 Å². The Morgan fingerprint density at radius 3 is 2.49 bits per heavy atom. The normalized spacial score (nSPS) is 41.8. The first-order valence-electron chi connectivity index (χ1n) is 16.7. The fourth-order valence-corrected chi connectivity index (χ4v) is 11.0. The van der Waals surface area contributed by atoms with Gasteiger partial charge in [-0.2, -0.15) is 5.26 Å². The molecule has 0 saturated heterocycles. The zero-order valence-electron chi connectivity index (χ0n) is 27.3. The monoisotopic (exact) mass is 583 g/mol. The second-order valence-electron chi connectivity index (χ2n) is 16.2. The molecule has 0 bridgehead atoms. The number of aryl methyl sites for hydroxylation is 1. The molecule has 6 rings (SSSR count). The molecule has 0 aromatic carbocycles. The number of ketones is 2. The van der Waals surface area contributed by atoms with Crippen LogP contribution in [0.15, 0.2) is 35.7 Å². The minimum absolute atomic E-state index is 0.0354. The molecule has 8 atom stereocenters. The van der Waals surface area contributed by atoms with Gasteiger partial charge in [-0.05, 0) is 97.4 Å². The Bertz CT molecular complexity index is 1490. The van der Waals surface area contributed by atoms with E-state index in [0.717, 1.165) is 63.6 Å². The number of carbonyl (C=O) groups excluding carboxylic acids is 3. The highest BCUT2D eigenvalue weighted by molar-refractivity contribution is 6.01. The fourth-order valence-electron chi connectivity index (χ4n) is 11.0. The Kier molecular flexibility index (Phi) is 6.92. The van der Waals surface area contributed by atoms with E-state index in [1.807, 2.05) is 29.8 Å². The van der Waals surface area contributed by atoms with E-state index in [4.69, 9.17) is 0 Å². The molecule has 6 nitrogen and oxygen atoms in total. The molecular weight excluding hydrogens is 534 g/mol. The standard InChI is InChI=1S/C37H49N3O3/c1-8-9-29-39-18-19-40(29)32(43)37-16-14-33(3,4)21-26(37)30-27(41)20-28-34(5)12-10-24(22-38)31(42)23(2)25(34)11-13-35(28,6)36(30,7)15-17-37/h10,18-20,23,25-26,30H,8-9,11-17,21H2,1-7H3/t23-,25?,26?,30?,34+,35-,36?,37+/m1/s1. The third-order valence-electron chi connectivity index (χ3n) is 13.7. The number of hydrogen-bond donors (Lipinski definition) is 0. The number of Topliss-reactive ketones (excluding diaryl/α,β-unsaturated/α-hetero) is 1. The Balaban J connectivity index is 1.48. The summed E-state index contributed by atoms with van der Waals surface area (Å²) in [6, 6.07) is 2.16. The molecule has 0 aliphatic heterocycles. The zero-order valence-corrected chi connectivity index (χ0v) is 27.3. The van der Waals surface area contributed by atoms with E-state index in [1.165, 1.54) is 5.57 Å². The van der Waals surface area contributed by atoms with Crippen LogP contribution in [0.1, 0.15) is 117 Å². The largest absolute Gasteiger partial charge is 0.295 e. The van der Waals surface area contributed by atoms with Crippen LogP contribution in [0.3, 0.4) is 0 Å². The molecule has 3 saturated carbocycles. The number of hydrogen-bond acceptors (Lipinski definition) is 5. The molecule has 6 heteroatoms. The summed E-state index contributed by atoms with van der Waals surface area (Å²) in [7, 11) is 0. The summed E-state index contributed by atoms with van der Waals surface area (Å²) in [5, 5.41) is 9.74. The number of carbonyl (C=O) groups is 3. The topological polar surface area (TPSA) is 92.8 Å². The van der Waals surface area contributed by atoms with Crippen molar-refractivity contribution in [3.8, 4) is 6.07 Å². The lowest BCUT2D eigenvalue weighted by Crippen LogP contribution is -2.65. The molecule has 5 aliphatic rings. The number of rotatable bonds is 3. The molecule has 4 unspecified atom stereocenters. The van der Waals surface area contributed by atoms with E-state index in [0.29, 0.717) is 6.42 Å². The molecule has 0 amide bonds. The molecule has 1 heterocycles. The zero-order chi connectivity index (χ0) is 31.2. The summed E-state index contributed by atoms with van der Waals surface area (Å²) >= 11 is 0. The Morgan fingerprint density at radius 2 is 1.79 bits per heavy atom. The summed E-state index contributed by atoms with van der Waals surface area (Å²) in [4.78, 5) is 47.2. The maximum atomic E-state index is 14.7. The number of imidazole rings is 1. The first-order valence-corrected chi connectivity index (χ1v) is 16.7. The van der Waals surface area contributed by atoms with Crippen molar-refractivity contribution in [2.75, 3.05) is 0 Å². The van der Waals surface area contributed by atoms with Crippen LogP contribution in [0.25, 0.3) is 0 Å². The summed E-state index contributed by atoms with van der Waals surface area (Å²) in [6.45, 7) is 15.7. The van der Waals surface area contributed by atoms with Crippen LogP contribution in [0.4, 0.5) is 0 Å². The van der Waals surface area contributed by atoms with Gasteiger partial charge in [0.2, 0.25) is 5.91 Å². The summed E-state index contributed by atoms with van der Waals surface area (Å²) < 4.78 is 1.82. The summed E-state index contributed by atoms with van der Waals surface area (Å²) in [6.07, 6.45) is 15.8. The van der Waals surface area contributed by atoms with E-state index in [9.17, 15) is 19.6 Å².